The number of pyridine rings is 1. The minimum atomic E-state index is -0.574. The van der Waals surface area contributed by atoms with Gasteiger partial charge in [-0.3, -0.25) is 10.1 Å². The number of hydrogen-bond acceptors (Lipinski definition) is 4. The van der Waals surface area contributed by atoms with E-state index in [9.17, 15) is 10.1 Å². The third kappa shape index (κ3) is 3.43. The number of nitro groups is 1. The molecule has 0 spiro atoms. The zero-order valence-corrected chi connectivity index (χ0v) is 12.6. The van der Waals surface area contributed by atoms with Crippen LogP contribution in [-0.4, -0.2) is 9.91 Å². The standard InChI is InChI=1S/C11H5Cl4N3O2/c12-6-3-8(14)9(4-7(6)13)16-11-2-5(18(19)20)1-10(15)17-11/h1-4H,(H,16,17). The first-order valence-corrected chi connectivity index (χ1v) is 6.61. The Morgan fingerprint density at radius 3 is 2.30 bits per heavy atom. The van der Waals surface area contributed by atoms with Gasteiger partial charge in [0.15, 0.2) is 0 Å². The van der Waals surface area contributed by atoms with Crippen molar-refractivity contribution in [2.75, 3.05) is 5.32 Å². The number of hydrogen-bond donors (Lipinski definition) is 1. The van der Waals surface area contributed by atoms with Gasteiger partial charge in [-0.1, -0.05) is 46.4 Å². The van der Waals surface area contributed by atoms with Gasteiger partial charge in [0, 0.05) is 0 Å². The highest BCUT2D eigenvalue weighted by atomic mass is 35.5. The number of halogens is 4. The second-order valence-corrected chi connectivity index (χ2v) is 5.27. The molecular weight excluding hydrogens is 348 g/mol. The molecule has 0 saturated heterocycles. The van der Waals surface area contributed by atoms with Crippen molar-refractivity contribution in [3.63, 3.8) is 0 Å². The molecule has 2 aromatic rings. The van der Waals surface area contributed by atoms with Crippen molar-refractivity contribution in [1.82, 2.24) is 4.98 Å². The van der Waals surface area contributed by atoms with Gasteiger partial charge < -0.3 is 5.32 Å². The summed E-state index contributed by atoms with van der Waals surface area (Å²) in [5, 5.41) is 14.4. The van der Waals surface area contributed by atoms with Gasteiger partial charge in [0.1, 0.15) is 11.0 Å². The van der Waals surface area contributed by atoms with Crippen LogP contribution in [-0.2, 0) is 0 Å². The van der Waals surface area contributed by atoms with Crippen LogP contribution in [0.1, 0.15) is 0 Å². The number of rotatable bonds is 3. The van der Waals surface area contributed by atoms with E-state index in [0.29, 0.717) is 15.7 Å². The molecule has 0 aliphatic carbocycles. The molecule has 0 aliphatic rings. The molecule has 0 fully saturated rings. The maximum atomic E-state index is 10.8. The predicted octanol–water partition coefficient (Wildman–Crippen LogP) is 5.35. The van der Waals surface area contributed by atoms with Gasteiger partial charge >= 0.3 is 0 Å². The molecule has 1 heterocycles. The molecule has 2 rings (SSSR count). The lowest BCUT2D eigenvalue weighted by Crippen LogP contribution is -1.97. The Morgan fingerprint density at radius 1 is 1.00 bits per heavy atom. The molecule has 1 aromatic carbocycles. The van der Waals surface area contributed by atoms with Crippen molar-refractivity contribution in [2.24, 2.45) is 0 Å². The van der Waals surface area contributed by atoms with Crippen molar-refractivity contribution in [3.8, 4) is 0 Å². The lowest BCUT2D eigenvalue weighted by molar-refractivity contribution is -0.384. The number of anilines is 2. The lowest BCUT2D eigenvalue weighted by Gasteiger charge is -2.09. The van der Waals surface area contributed by atoms with Crippen molar-refractivity contribution in [2.45, 2.75) is 0 Å². The van der Waals surface area contributed by atoms with Crippen LogP contribution in [0.4, 0.5) is 17.2 Å². The number of benzene rings is 1. The molecule has 1 aromatic heterocycles. The first-order chi connectivity index (χ1) is 9.36. The molecule has 104 valence electrons. The second kappa shape index (κ2) is 6.01. The smallest absolute Gasteiger partial charge is 0.276 e. The number of nitrogens with zero attached hydrogens (tertiary/aromatic N) is 2. The van der Waals surface area contributed by atoms with Crippen molar-refractivity contribution < 1.29 is 4.92 Å². The van der Waals surface area contributed by atoms with Crippen LogP contribution in [0, 0.1) is 10.1 Å². The van der Waals surface area contributed by atoms with Crippen LogP contribution in [0.3, 0.4) is 0 Å². The van der Waals surface area contributed by atoms with E-state index >= 15 is 0 Å². The van der Waals surface area contributed by atoms with Gasteiger partial charge in [-0.25, -0.2) is 4.98 Å². The lowest BCUT2D eigenvalue weighted by atomic mass is 10.3. The molecule has 0 unspecified atom stereocenters. The monoisotopic (exact) mass is 351 g/mol. The summed E-state index contributed by atoms with van der Waals surface area (Å²) in [6.07, 6.45) is 0. The fourth-order valence-corrected chi connectivity index (χ4v) is 2.21. The van der Waals surface area contributed by atoms with E-state index in [2.05, 4.69) is 10.3 Å². The molecule has 0 saturated carbocycles. The highest BCUT2D eigenvalue weighted by Crippen LogP contribution is 2.34. The molecule has 9 heteroatoms. The minimum Gasteiger partial charge on any atom is -0.339 e. The summed E-state index contributed by atoms with van der Waals surface area (Å²) < 4.78 is 0. The first kappa shape index (κ1) is 15.1. The molecule has 0 aliphatic heterocycles. The van der Waals surface area contributed by atoms with Crippen LogP contribution in [0.15, 0.2) is 24.3 Å². The van der Waals surface area contributed by atoms with Gasteiger partial charge in [-0.2, -0.15) is 0 Å². The fraction of sp³-hybridized carbons (Fsp3) is 0. The summed E-state index contributed by atoms with van der Waals surface area (Å²) in [7, 11) is 0. The SMILES string of the molecule is O=[N+]([O-])c1cc(Cl)nc(Nc2cc(Cl)c(Cl)cc2Cl)c1. The largest absolute Gasteiger partial charge is 0.339 e. The van der Waals surface area contributed by atoms with Crippen LogP contribution < -0.4 is 5.32 Å². The third-order valence-corrected chi connectivity index (χ3v) is 3.49. The Bertz CT molecular complexity index is 694. The third-order valence-electron chi connectivity index (χ3n) is 2.26. The van der Waals surface area contributed by atoms with Crippen LogP contribution in [0.5, 0.6) is 0 Å². The zero-order valence-electron chi connectivity index (χ0n) is 9.53. The Hall–Kier alpha value is -1.27. The summed E-state index contributed by atoms with van der Waals surface area (Å²) in [6, 6.07) is 5.31. The van der Waals surface area contributed by atoms with Crippen molar-refractivity contribution in [3.05, 3.63) is 54.6 Å². The molecule has 5 nitrogen and oxygen atoms in total. The quantitative estimate of drug-likeness (QED) is 0.350. The van der Waals surface area contributed by atoms with E-state index in [0.717, 1.165) is 6.07 Å². The summed E-state index contributed by atoms with van der Waals surface area (Å²) in [5.41, 5.74) is 0.216. The Kier molecular flexibility index (Phi) is 4.55. The van der Waals surface area contributed by atoms with Crippen LogP contribution in [0.2, 0.25) is 20.2 Å². The molecule has 20 heavy (non-hydrogen) atoms. The van der Waals surface area contributed by atoms with Gasteiger partial charge in [0.2, 0.25) is 0 Å². The molecule has 0 radical (unpaired) electrons. The van der Waals surface area contributed by atoms with Crippen molar-refractivity contribution in [1.29, 1.82) is 0 Å². The van der Waals surface area contributed by atoms with Crippen LogP contribution in [0.25, 0.3) is 0 Å². The van der Waals surface area contributed by atoms with Gasteiger partial charge in [-0.15, -0.1) is 0 Å². The van der Waals surface area contributed by atoms with Gasteiger partial charge in [0.25, 0.3) is 5.69 Å². The highest BCUT2D eigenvalue weighted by molar-refractivity contribution is 6.44. The van der Waals surface area contributed by atoms with Gasteiger partial charge in [0.05, 0.1) is 37.8 Å². The van der Waals surface area contributed by atoms with E-state index in [1.54, 1.807) is 0 Å². The maximum Gasteiger partial charge on any atom is 0.276 e. The van der Waals surface area contributed by atoms with Crippen molar-refractivity contribution >= 4 is 63.6 Å². The topological polar surface area (TPSA) is 68.1 Å². The predicted molar refractivity (Wildman–Crippen MR) is 80.7 cm³/mol. The summed E-state index contributed by atoms with van der Waals surface area (Å²) >= 11 is 23.4. The zero-order chi connectivity index (χ0) is 14.9. The van der Waals surface area contributed by atoms with E-state index < -0.39 is 4.92 Å². The molecular formula is C11H5Cl4N3O2. The molecule has 0 atom stereocenters. The van der Waals surface area contributed by atoms with Gasteiger partial charge in [-0.05, 0) is 12.1 Å². The summed E-state index contributed by atoms with van der Waals surface area (Å²) in [4.78, 5) is 14.1. The summed E-state index contributed by atoms with van der Waals surface area (Å²) in [6.45, 7) is 0. The first-order valence-electron chi connectivity index (χ1n) is 5.10. The van der Waals surface area contributed by atoms with Crippen LogP contribution >= 0.6 is 46.4 Å². The minimum absolute atomic E-state index is 0.0158. The number of nitrogens with one attached hydrogen (secondary N) is 1. The van der Waals surface area contributed by atoms with E-state index in [1.807, 2.05) is 0 Å². The normalized spacial score (nSPS) is 10.4. The summed E-state index contributed by atoms with van der Waals surface area (Å²) in [5.74, 6) is 0.171. The second-order valence-electron chi connectivity index (χ2n) is 3.66. The maximum absolute atomic E-state index is 10.8. The Labute approximate surface area is 133 Å². The molecule has 0 bridgehead atoms. The Balaban J connectivity index is 2.40. The Morgan fingerprint density at radius 2 is 1.65 bits per heavy atom. The van der Waals surface area contributed by atoms with E-state index in [1.165, 1.54) is 18.2 Å². The van der Waals surface area contributed by atoms with E-state index in [-0.39, 0.29) is 21.7 Å². The average Bonchev–Trinajstić information content (AvgIpc) is 2.35. The average molecular weight is 353 g/mol. The fourth-order valence-electron chi connectivity index (χ4n) is 1.41. The van der Waals surface area contributed by atoms with E-state index in [4.69, 9.17) is 46.4 Å². The highest BCUT2D eigenvalue weighted by Gasteiger charge is 2.12. The number of aromatic nitrogens is 1. The molecule has 1 N–H and O–H groups in total. The molecule has 0 amide bonds.